The average molecular weight is 841 g/mol. The van der Waals surface area contributed by atoms with Crippen molar-refractivity contribution in [3.8, 4) is 77.9 Å². The first-order valence-electron chi connectivity index (χ1n) is 23.4. The van der Waals surface area contributed by atoms with Crippen molar-refractivity contribution in [3.63, 3.8) is 0 Å². The van der Waals surface area contributed by atoms with Crippen LogP contribution in [0.15, 0.2) is 218 Å². The van der Waals surface area contributed by atoms with E-state index < -0.39 is 0 Å². The Morgan fingerprint density at radius 3 is 1.30 bits per heavy atom. The molecule has 11 aromatic rings. The van der Waals surface area contributed by atoms with E-state index in [1.807, 2.05) is 0 Å². The fraction of sp³-hybridized carbons (Fsp3) is 0.0909. The lowest BCUT2D eigenvalue weighted by Gasteiger charge is -2.23. The van der Waals surface area contributed by atoms with E-state index in [9.17, 15) is 0 Å². The van der Waals surface area contributed by atoms with E-state index in [0.29, 0.717) is 0 Å². The summed E-state index contributed by atoms with van der Waals surface area (Å²) in [6, 6.07) is 82.4. The largest absolute Gasteiger partial charge is 0.0622 e. The highest BCUT2D eigenvalue weighted by atomic mass is 14.4. The molecule has 0 nitrogen and oxygen atoms in total. The second kappa shape index (κ2) is 14.4. The molecule has 0 aromatic heterocycles. The normalized spacial score (nSPS) is 14.0. The van der Waals surface area contributed by atoms with Crippen molar-refractivity contribution in [1.82, 2.24) is 0 Å². The topological polar surface area (TPSA) is 0 Å². The van der Waals surface area contributed by atoms with Crippen LogP contribution in [0.4, 0.5) is 0 Å². The van der Waals surface area contributed by atoms with E-state index in [0.717, 1.165) is 0 Å². The number of hydrogen-bond acceptors (Lipinski definition) is 0. The van der Waals surface area contributed by atoms with Gasteiger partial charge in [0.25, 0.3) is 0 Å². The Morgan fingerprint density at radius 2 is 0.652 bits per heavy atom. The number of benzene rings is 11. The van der Waals surface area contributed by atoms with Crippen molar-refractivity contribution in [1.29, 1.82) is 0 Å². The van der Waals surface area contributed by atoms with Gasteiger partial charge in [0.05, 0.1) is 0 Å². The molecule has 0 heterocycles. The average Bonchev–Trinajstić information content (AvgIpc) is 3.74. The van der Waals surface area contributed by atoms with Gasteiger partial charge in [-0.05, 0) is 163 Å². The molecule has 0 bridgehead atoms. The fourth-order valence-corrected chi connectivity index (χ4v) is 11.9. The quantitative estimate of drug-likeness (QED) is 0.151. The van der Waals surface area contributed by atoms with Crippen molar-refractivity contribution in [2.24, 2.45) is 0 Å². The van der Waals surface area contributed by atoms with E-state index in [4.69, 9.17) is 0 Å². The van der Waals surface area contributed by atoms with Crippen LogP contribution in [0.2, 0.25) is 0 Å². The van der Waals surface area contributed by atoms with E-state index in [2.05, 4.69) is 246 Å². The summed E-state index contributed by atoms with van der Waals surface area (Å²) in [5, 5.41) is 7.50. The van der Waals surface area contributed by atoms with E-state index in [1.165, 1.54) is 132 Å². The van der Waals surface area contributed by atoms with Crippen LogP contribution in [0.25, 0.3) is 110 Å². The summed E-state index contributed by atoms with van der Waals surface area (Å²) in [5.41, 5.74) is 23.1. The van der Waals surface area contributed by atoms with Crippen LogP contribution >= 0.6 is 0 Å². The lowest BCUT2D eigenvalue weighted by atomic mass is 9.80. The molecule has 0 N–H and O–H groups in total. The van der Waals surface area contributed by atoms with Gasteiger partial charge in [0.15, 0.2) is 0 Å². The Hall–Kier alpha value is -7.80. The maximum atomic E-state index is 2.49. The molecule has 2 aliphatic rings. The van der Waals surface area contributed by atoms with Crippen molar-refractivity contribution < 1.29 is 0 Å². The van der Waals surface area contributed by atoms with Gasteiger partial charge in [-0.3, -0.25) is 0 Å². The third-order valence-electron chi connectivity index (χ3n) is 15.3. The molecule has 0 aliphatic heterocycles. The Balaban J connectivity index is 1.10. The van der Waals surface area contributed by atoms with E-state index in [1.54, 1.807) is 0 Å². The highest BCUT2D eigenvalue weighted by Crippen LogP contribution is 2.53. The molecule has 0 saturated heterocycles. The third-order valence-corrected chi connectivity index (χ3v) is 15.3. The van der Waals surface area contributed by atoms with Crippen LogP contribution in [-0.4, -0.2) is 0 Å². The SMILES string of the molecule is CC1(C)c2ccccc2-c2ccc(-c3ccc4c(-c5cccc6ccccc56)c5cc(-c6ccc7c(c6)C(C)(C)c6ccccc6-7)ccc5c(-c5cccc(-c6ccccc6)c5)c4c3)cc21. The van der Waals surface area contributed by atoms with Crippen LogP contribution in [0.3, 0.4) is 0 Å². The minimum Gasteiger partial charge on any atom is -0.0622 e. The zero-order chi connectivity index (χ0) is 44.3. The predicted molar refractivity (Wildman–Crippen MR) is 281 cm³/mol. The van der Waals surface area contributed by atoms with Crippen LogP contribution in [0, 0.1) is 0 Å². The molecule has 0 fully saturated rings. The maximum Gasteiger partial charge on any atom is 0.0159 e. The Morgan fingerprint density at radius 1 is 0.227 bits per heavy atom. The number of fused-ring (bicyclic) bond motifs is 9. The lowest BCUT2D eigenvalue weighted by molar-refractivity contribution is 0.660. The van der Waals surface area contributed by atoms with Crippen LogP contribution in [0.1, 0.15) is 49.9 Å². The molecule has 0 heteroatoms. The minimum atomic E-state index is -0.0875. The van der Waals surface area contributed by atoms with E-state index >= 15 is 0 Å². The van der Waals surface area contributed by atoms with E-state index in [-0.39, 0.29) is 10.8 Å². The van der Waals surface area contributed by atoms with Crippen molar-refractivity contribution in [2.75, 3.05) is 0 Å². The summed E-state index contributed by atoms with van der Waals surface area (Å²) in [4.78, 5) is 0. The standard InChI is InChI=1S/C66H48/c1-65(2)59-26-12-10-23-50(59)52-32-28-46(39-61(52)65)44-31-35-56-57(37-44)63(48-21-14-20-43(36-48)41-16-6-5-7-17-41)55-34-30-45(38-58(55)64(56)54-25-15-19-42-18-8-9-22-49(42)54)47-29-33-53-51-24-11-13-27-60(51)66(3,4)62(53)40-47/h5-40H,1-4H3. The molecule has 2 aliphatic carbocycles. The Kier molecular flexibility index (Phi) is 8.40. The van der Waals surface area contributed by atoms with Gasteiger partial charge in [-0.15, -0.1) is 0 Å². The van der Waals surface area contributed by atoms with Gasteiger partial charge in [0.1, 0.15) is 0 Å². The molecule has 0 saturated carbocycles. The maximum absolute atomic E-state index is 2.49. The predicted octanol–water partition coefficient (Wildman–Crippen LogP) is 18.1. The van der Waals surface area contributed by atoms with Crippen LogP contribution in [0.5, 0.6) is 0 Å². The molecule has 0 unspecified atom stereocenters. The molecule has 312 valence electrons. The number of rotatable bonds is 5. The fourth-order valence-electron chi connectivity index (χ4n) is 11.9. The second-order valence-corrected chi connectivity index (χ2v) is 19.6. The monoisotopic (exact) mass is 840 g/mol. The first kappa shape index (κ1) is 38.6. The summed E-state index contributed by atoms with van der Waals surface area (Å²) in [6.45, 7) is 9.50. The van der Waals surface area contributed by atoms with Gasteiger partial charge >= 0.3 is 0 Å². The molecular weight excluding hydrogens is 793 g/mol. The zero-order valence-electron chi connectivity index (χ0n) is 37.8. The molecule has 13 rings (SSSR count). The van der Waals surface area contributed by atoms with Gasteiger partial charge < -0.3 is 0 Å². The first-order chi connectivity index (χ1) is 32.2. The molecule has 0 atom stereocenters. The van der Waals surface area contributed by atoms with Crippen LogP contribution in [-0.2, 0) is 10.8 Å². The van der Waals surface area contributed by atoms with Crippen molar-refractivity contribution in [2.45, 2.75) is 38.5 Å². The smallest absolute Gasteiger partial charge is 0.0159 e. The summed E-state index contributed by atoms with van der Waals surface area (Å²) >= 11 is 0. The molecular formula is C66H48. The zero-order valence-corrected chi connectivity index (χ0v) is 37.8. The van der Waals surface area contributed by atoms with Crippen molar-refractivity contribution >= 4 is 32.3 Å². The third kappa shape index (κ3) is 5.71. The van der Waals surface area contributed by atoms with Gasteiger partial charge in [0.2, 0.25) is 0 Å². The van der Waals surface area contributed by atoms with Crippen LogP contribution < -0.4 is 0 Å². The highest BCUT2D eigenvalue weighted by molar-refractivity contribution is 6.24. The first-order valence-corrected chi connectivity index (χ1v) is 23.4. The van der Waals surface area contributed by atoms with Gasteiger partial charge in [-0.1, -0.05) is 216 Å². The van der Waals surface area contributed by atoms with Gasteiger partial charge in [-0.2, -0.15) is 0 Å². The Bertz CT molecular complexity index is 3800. The highest BCUT2D eigenvalue weighted by Gasteiger charge is 2.36. The molecule has 0 spiro atoms. The minimum absolute atomic E-state index is 0.0870. The lowest BCUT2D eigenvalue weighted by Crippen LogP contribution is -2.14. The molecule has 66 heavy (non-hydrogen) atoms. The summed E-state index contributed by atoms with van der Waals surface area (Å²) in [7, 11) is 0. The second-order valence-electron chi connectivity index (χ2n) is 19.6. The Labute approximate surface area is 387 Å². The van der Waals surface area contributed by atoms with Gasteiger partial charge in [0, 0.05) is 10.8 Å². The summed E-state index contributed by atoms with van der Waals surface area (Å²) in [6.07, 6.45) is 0. The number of hydrogen-bond donors (Lipinski definition) is 0. The molecule has 0 amide bonds. The summed E-state index contributed by atoms with van der Waals surface area (Å²) in [5.74, 6) is 0. The summed E-state index contributed by atoms with van der Waals surface area (Å²) < 4.78 is 0. The van der Waals surface area contributed by atoms with Gasteiger partial charge in [-0.25, -0.2) is 0 Å². The molecule has 0 radical (unpaired) electrons. The van der Waals surface area contributed by atoms with Crippen molar-refractivity contribution in [3.05, 3.63) is 241 Å². The molecule has 11 aromatic carbocycles.